The Bertz CT molecular complexity index is 695. The molecule has 1 heterocycles. The van der Waals surface area contributed by atoms with Gasteiger partial charge in [-0.25, -0.2) is 10.6 Å². The average Bonchev–Trinajstić information content (AvgIpc) is 2.54. The highest BCUT2D eigenvalue weighted by molar-refractivity contribution is 5.61. The van der Waals surface area contributed by atoms with Gasteiger partial charge in [-0.2, -0.15) is 9.97 Å². The van der Waals surface area contributed by atoms with Crippen LogP contribution in [0.3, 0.4) is 0 Å². The summed E-state index contributed by atoms with van der Waals surface area (Å²) in [6, 6.07) is 7.98. The van der Waals surface area contributed by atoms with Crippen LogP contribution in [0, 0.1) is 0 Å². The predicted molar refractivity (Wildman–Crippen MR) is 88.6 cm³/mol. The van der Waals surface area contributed by atoms with Crippen molar-refractivity contribution in [1.82, 2.24) is 14.5 Å². The van der Waals surface area contributed by atoms with Gasteiger partial charge in [0.05, 0.1) is 0 Å². The molecule has 6 heteroatoms. The van der Waals surface area contributed by atoms with Crippen molar-refractivity contribution >= 4 is 5.95 Å². The molecule has 118 valence electrons. The molecule has 0 unspecified atom stereocenters. The fourth-order valence-electron chi connectivity index (χ4n) is 2.42. The van der Waals surface area contributed by atoms with Crippen molar-refractivity contribution in [2.75, 3.05) is 11.6 Å². The Morgan fingerprint density at radius 3 is 2.55 bits per heavy atom. The van der Waals surface area contributed by atoms with Gasteiger partial charge in [0.2, 0.25) is 5.95 Å². The van der Waals surface area contributed by atoms with Gasteiger partial charge in [0.15, 0.2) is 0 Å². The van der Waals surface area contributed by atoms with Gasteiger partial charge < -0.3 is 0 Å². The topological polar surface area (TPSA) is 77.0 Å². The summed E-state index contributed by atoms with van der Waals surface area (Å²) in [7, 11) is 0. The third-order valence-electron chi connectivity index (χ3n) is 3.56. The third-order valence-corrected chi connectivity index (χ3v) is 3.56. The summed E-state index contributed by atoms with van der Waals surface area (Å²) in [4.78, 5) is 20.9. The molecule has 2 N–H and O–H groups in total. The van der Waals surface area contributed by atoms with E-state index < -0.39 is 0 Å². The lowest BCUT2D eigenvalue weighted by atomic mass is 10.0. The summed E-state index contributed by atoms with van der Waals surface area (Å²) in [5.41, 5.74) is 1.78. The van der Waals surface area contributed by atoms with Gasteiger partial charge in [-0.1, -0.05) is 38.1 Å². The summed E-state index contributed by atoms with van der Waals surface area (Å²) >= 11 is 0. The minimum absolute atomic E-state index is 0.275. The fraction of sp³-hybridized carbons (Fsp3) is 0.438. The standard InChI is InChI=1S/C16H23N5O/c1-4-11-21(17)15-18-14(20(6-3)16(22)19-15)13-10-8-7-9-12(13)5-2/h7-10H,4-6,11,17H2,1-3H3. The number of aryl methyl sites for hydroxylation is 1. The first kappa shape index (κ1) is 16.2. The van der Waals surface area contributed by atoms with Crippen LogP contribution in [0.15, 0.2) is 29.1 Å². The molecule has 22 heavy (non-hydrogen) atoms. The SMILES string of the molecule is CCCN(N)c1nc(-c2ccccc2CC)n(CC)c(=O)n1. The molecule has 0 aliphatic carbocycles. The average molecular weight is 301 g/mol. The summed E-state index contributed by atoms with van der Waals surface area (Å²) < 4.78 is 1.58. The molecule has 1 aromatic heterocycles. The Balaban J connectivity index is 2.65. The third kappa shape index (κ3) is 3.17. The van der Waals surface area contributed by atoms with E-state index in [0.717, 1.165) is 24.0 Å². The van der Waals surface area contributed by atoms with Crippen molar-refractivity contribution in [1.29, 1.82) is 0 Å². The normalized spacial score (nSPS) is 10.7. The molecule has 0 aliphatic rings. The van der Waals surface area contributed by atoms with E-state index in [0.29, 0.717) is 18.9 Å². The van der Waals surface area contributed by atoms with Crippen LogP contribution in [0.5, 0.6) is 0 Å². The largest absolute Gasteiger partial charge is 0.352 e. The first-order valence-corrected chi connectivity index (χ1v) is 7.71. The lowest BCUT2D eigenvalue weighted by Crippen LogP contribution is -2.37. The lowest BCUT2D eigenvalue weighted by molar-refractivity contribution is 0.668. The zero-order valence-corrected chi connectivity index (χ0v) is 13.4. The molecule has 0 radical (unpaired) electrons. The smallest absolute Gasteiger partial charge is 0.279 e. The Morgan fingerprint density at radius 1 is 1.18 bits per heavy atom. The lowest BCUT2D eigenvalue weighted by Gasteiger charge is -2.18. The molecule has 0 spiro atoms. The number of hydrogen-bond acceptors (Lipinski definition) is 5. The van der Waals surface area contributed by atoms with E-state index in [1.807, 2.05) is 38.1 Å². The summed E-state index contributed by atoms with van der Waals surface area (Å²) in [5.74, 6) is 6.85. The van der Waals surface area contributed by atoms with Crippen LogP contribution < -0.4 is 16.5 Å². The summed E-state index contributed by atoms with van der Waals surface area (Å²) in [5, 5.41) is 1.43. The van der Waals surface area contributed by atoms with Crippen molar-refractivity contribution in [3.63, 3.8) is 0 Å². The van der Waals surface area contributed by atoms with Crippen LogP contribution in [0.4, 0.5) is 5.95 Å². The van der Waals surface area contributed by atoms with Crippen LogP contribution >= 0.6 is 0 Å². The highest BCUT2D eigenvalue weighted by atomic mass is 16.1. The van der Waals surface area contributed by atoms with E-state index in [1.165, 1.54) is 5.01 Å². The van der Waals surface area contributed by atoms with Gasteiger partial charge in [0.25, 0.3) is 0 Å². The molecule has 6 nitrogen and oxygen atoms in total. The minimum Gasteiger partial charge on any atom is -0.279 e. The molecule has 0 bridgehead atoms. The van der Waals surface area contributed by atoms with Gasteiger partial charge >= 0.3 is 5.69 Å². The first-order valence-electron chi connectivity index (χ1n) is 7.71. The Morgan fingerprint density at radius 2 is 1.91 bits per heavy atom. The van der Waals surface area contributed by atoms with Crippen LogP contribution in [0.25, 0.3) is 11.4 Å². The molecule has 2 aromatic rings. The van der Waals surface area contributed by atoms with Gasteiger partial charge in [-0.3, -0.25) is 9.58 Å². The molecule has 0 atom stereocenters. The van der Waals surface area contributed by atoms with Gasteiger partial charge in [0, 0.05) is 18.7 Å². The van der Waals surface area contributed by atoms with E-state index in [2.05, 4.69) is 16.9 Å². The first-order chi connectivity index (χ1) is 10.6. The number of rotatable bonds is 6. The predicted octanol–water partition coefficient (Wildman–Crippen LogP) is 1.98. The van der Waals surface area contributed by atoms with E-state index >= 15 is 0 Å². The van der Waals surface area contributed by atoms with Gasteiger partial charge in [0.1, 0.15) is 5.82 Å². The Hall–Kier alpha value is -2.21. The van der Waals surface area contributed by atoms with Crippen molar-refractivity contribution < 1.29 is 0 Å². The molecular formula is C16H23N5O. The second-order valence-corrected chi connectivity index (χ2v) is 5.08. The molecule has 0 amide bonds. The van der Waals surface area contributed by atoms with Crippen LogP contribution in [0.1, 0.15) is 32.8 Å². The van der Waals surface area contributed by atoms with Crippen molar-refractivity contribution in [3.05, 3.63) is 40.3 Å². The second kappa shape index (κ2) is 7.17. The number of nitrogens with two attached hydrogens (primary N) is 1. The summed E-state index contributed by atoms with van der Waals surface area (Å²) in [6.45, 7) is 7.13. The zero-order chi connectivity index (χ0) is 16.1. The maximum Gasteiger partial charge on any atom is 0.352 e. The fourth-order valence-corrected chi connectivity index (χ4v) is 2.42. The zero-order valence-electron chi connectivity index (χ0n) is 13.4. The Labute approximate surface area is 130 Å². The van der Waals surface area contributed by atoms with E-state index in [4.69, 9.17) is 5.84 Å². The highest BCUT2D eigenvalue weighted by Crippen LogP contribution is 2.22. The number of aromatic nitrogens is 3. The maximum atomic E-state index is 12.3. The quantitative estimate of drug-likeness (QED) is 0.652. The van der Waals surface area contributed by atoms with Crippen molar-refractivity contribution in [2.45, 2.75) is 40.2 Å². The number of hydrazine groups is 1. The van der Waals surface area contributed by atoms with Crippen molar-refractivity contribution in [3.8, 4) is 11.4 Å². The highest BCUT2D eigenvalue weighted by Gasteiger charge is 2.15. The van der Waals surface area contributed by atoms with Crippen molar-refractivity contribution in [2.24, 2.45) is 5.84 Å². The molecular weight excluding hydrogens is 278 g/mol. The number of hydrogen-bond donors (Lipinski definition) is 1. The molecule has 1 aromatic carbocycles. The van der Waals surface area contributed by atoms with E-state index in [9.17, 15) is 4.79 Å². The van der Waals surface area contributed by atoms with Crippen LogP contribution in [-0.4, -0.2) is 21.1 Å². The molecule has 0 saturated heterocycles. The second-order valence-electron chi connectivity index (χ2n) is 5.08. The number of nitrogens with zero attached hydrogens (tertiary/aromatic N) is 4. The Kier molecular flexibility index (Phi) is 5.27. The minimum atomic E-state index is -0.319. The van der Waals surface area contributed by atoms with Crippen LogP contribution in [0.2, 0.25) is 0 Å². The molecule has 0 saturated carbocycles. The molecule has 0 fully saturated rings. The maximum absolute atomic E-state index is 12.3. The summed E-state index contributed by atoms with van der Waals surface area (Å²) in [6.07, 6.45) is 1.73. The van der Waals surface area contributed by atoms with Gasteiger partial charge in [-0.15, -0.1) is 0 Å². The van der Waals surface area contributed by atoms with E-state index in [1.54, 1.807) is 4.57 Å². The molecule has 0 aliphatic heterocycles. The van der Waals surface area contributed by atoms with Crippen LogP contribution in [-0.2, 0) is 13.0 Å². The van der Waals surface area contributed by atoms with Gasteiger partial charge in [-0.05, 0) is 25.3 Å². The number of benzene rings is 1. The monoisotopic (exact) mass is 301 g/mol. The molecule has 2 rings (SSSR count). The number of anilines is 1. The van der Waals surface area contributed by atoms with E-state index in [-0.39, 0.29) is 11.6 Å².